The first-order valence-corrected chi connectivity index (χ1v) is 18.2. The number of thiophene rings is 1. The summed E-state index contributed by atoms with van der Waals surface area (Å²) in [6, 6.07) is 49.8. The van der Waals surface area contributed by atoms with Gasteiger partial charge in [0.15, 0.2) is 0 Å². The second-order valence-electron chi connectivity index (χ2n) is 13.5. The molecule has 0 fully saturated rings. The van der Waals surface area contributed by atoms with Crippen LogP contribution in [0.2, 0.25) is 0 Å². The van der Waals surface area contributed by atoms with Crippen molar-refractivity contribution in [3.8, 4) is 0 Å². The molecule has 0 bridgehead atoms. The molecule has 3 atom stereocenters. The highest BCUT2D eigenvalue weighted by atomic mass is 32.1. The molecule has 234 valence electrons. The van der Waals surface area contributed by atoms with Crippen LogP contribution in [0.1, 0.15) is 35.4 Å². The summed E-state index contributed by atoms with van der Waals surface area (Å²) >= 11 is 1.90. The minimum absolute atomic E-state index is 0.218. The molecule has 1 heterocycles. The summed E-state index contributed by atoms with van der Waals surface area (Å²) in [6.07, 6.45) is 18.6. The van der Waals surface area contributed by atoms with Crippen LogP contribution in [0.25, 0.3) is 30.9 Å². The minimum atomic E-state index is -0.218. The first kappa shape index (κ1) is 28.6. The number of allylic oxidation sites excluding steroid dienone is 8. The topological polar surface area (TPSA) is 3.24 Å². The number of para-hydroxylation sites is 1. The fourth-order valence-electron chi connectivity index (χ4n) is 9.09. The summed E-state index contributed by atoms with van der Waals surface area (Å²) in [5, 5.41) is 5.19. The lowest BCUT2D eigenvalue weighted by atomic mass is 9.61. The van der Waals surface area contributed by atoms with Crippen LogP contribution < -0.4 is 4.90 Å². The van der Waals surface area contributed by atoms with Crippen molar-refractivity contribution < 1.29 is 0 Å². The van der Waals surface area contributed by atoms with Crippen LogP contribution in [-0.4, -0.2) is 0 Å². The molecule has 0 saturated heterocycles. The Balaban J connectivity index is 1.20. The zero-order valence-electron chi connectivity index (χ0n) is 27.2. The van der Waals surface area contributed by atoms with Crippen LogP contribution in [0.3, 0.4) is 0 Å². The van der Waals surface area contributed by atoms with Gasteiger partial charge >= 0.3 is 0 Å². The van der Waals surface area contributed by atoms with Crippen molar-refractivity contribution in [2.75, 3.05) is 4.90 Å². The molecule has 0 aliphatic heterocycles. The Kier molecular flexibility index (Phi) is 6.60. The van der Waals surface area contributed by atoms with Gasteiger partial charge in [-0.3, -0.25) is 0 Å². The molecule has 0 spiro atoms. The van der Waals surface area contributed by atoms with Gasteiger partial charge < -0.3 is 4.90 Å². The van der Waals surface area contributed by atoms with Gasteiger partial charge in [-0.15, -0.1) is 11.3 Å². The quantitative estimate of drug-likeness (QED) is 0.180. The van der Waals surface area contributed by atoms with Gasteiger partial charge in [-0.05, 0) is 65.9 Å². The van der Waals surface area contributed by atoms with Crippen molar-refractivity contribution in [3.05, 3.63) is 198 Å². The maximum atomic E-state index is 2.47. The monoisotopic (exact) mass is 645 g/mol. The molecule has 0 N–H and O–H groups in total. The minimum Gasteiger partial charge on any atom is -0.310 e. The fraction of sp³-hybridized carbons (Fsp3) is 0.106. The Hall–Kier alpha value is -5.44. The molecular formula is C47H35NS. The maximum absolute atomic E-state index is 2.47. The predicted molar refractivity (Wildman–Crippen MR) is 210 cm³/mol. The summed E-state index contributed by atoms with van der Waals surface area (Å²) in [4.78, 5) is 2.46. The molecule has 2 heteroatoms. The van der Waals surface area contributed by atoms with E-state index in [0.717, 1.165) is 24.2 Å². The third-order valence-electron chi connectivity index (χ3n) is 11.1. The standard InChI is InChI=1S/C47H35NS/c1-3-15-32(16-4-1)47(42-24-12-9-19-36(42)37-20-10-13-25-43(37)47)33-27-29-35(30-28-33)48(34-17-5-2-6-18-34)44-31-41-39-22-11-14-26-45(39)49-46(41)40-23-8-7-21-38(40)44/h1-3,5-15,17-31,36,42H,4,16H2. The molecule has 10 rings (SSSR count). The van der Waals surface area contributed by atoms with Gasteiger partial charge in [0.05, 0.1) is 5.69 Å². The van der Waals surface area contributed by atoms with Crippen LogP contribution in [-0.2, 0) is 5.41 Å². The molecule has 3 aliphatic rings. The zero-order valence-corrected chi connectivity index (χ0v) is 28.0. The molecule has 6 aromatic carbocycles. The van der Waals surface area contributed by atoms with E-state index in [1.165, 1.54) is 58.9 Å². The van der Waals surface area contributed by atoms with Crippen molar-refractivity contribution in [2.45, 2.75) is 24.2 Å². The van der Waals surface area contributed by atoms with Crippen LogP contribution in [0, 0.1) is 5.92 Å². The largest absolute Gasteiger partial charge is 0.310 e. The lowest BCUT2D eigenvalue weighted by Gasteiger charge is -2.41. The molecule has 49 heavy (non-hydrogen) atoms. The Bertz CT molecular complexity index is 2510. The zero-order chi connectivity index (χ0) is 32.4. The highest BCUT2D eigenvalue weighted by molar-refractivity contribution is 7.26. The number of hydrogen-bond acceptors (Lipinski definition) is 2. The summed E-state index contributed by atoms with van der Waals surface area (Å²) in [6.45, 7) is 0. The van der Waals surface area contributed by atoms with Crippen molar-refractivity contribution in [1.29, 1.82) is 0 Å². The summed E-state index contributed by atoms with van der Waals surface area (Å²) in [7, 11) is 0. The molecule has 7 aromatic rings. The third-order valence-corrected chi connectivity index (χ3v) is 12.3. The summed E-state index contributed by atoms with van der Waals surface area (Å²) in [5.74, 6) is 0.703. The van der Waals surface area contributed by atoms with E-state index in [1.54, 1.807) is 0 Å². The molecule has 1 nitrogen and oxygen atoms in total. The molecule has 0 saturated carbocycles. The van der Waals surface area contributed by atoms with E-state index in [0.29, 0.717) is 11.8 Å². The summed E-state index contributed by atoms with van der Waals surface area (Å²) in [5.41, 5.74) is 9.10. The average Bonchev–Trinajstić information content (AvgIpc) is 3.70. The number of benzene rings is 6. The Morgan fingerprint density at radius 3 is 2.16 bits per heavy atom. The summed E-state index contributed by atoms with van der Waals surface area (Å²) < 4.78 is 2.68. The Morgan fingerprint density at radius 2 is 1.33 bits per heavy atom. The number of hydrogen-bond donors (Lipinski definition) is 0. The van der Waals surface area contributed by atoms with Crippen LogP contribution in [0.15, 0.2) is 182 Å². The first-order valence-electron chi connectivity index (χ1n) is 17.4. The van der Waals surface area contributed by atoms with Gasteiger partial charge in [0.2, 0.25) is 0 Å². The van der Waals surface area contributed by atoms with Gasteiger partial charge in [0.1, 0.15) is 0 Å². The SMILES string of the molecule is C1=CCCC(C2(c3ccc(N(c4ccccc4)c4cc5c6ccccc6sc5c5ccccc45)cc3)c3ccccc3C3C=CC=CC32)=C1. The van der Waals surface area contributed by atoms with Gasteiger partial charge in [-0.1, -0.05) is 145 Å². The lowest BCUT2D eigenvalue weighted by molar-refractivity contribution is 0.436. The highest BCUT2D eigenvalue weighted by Crippen LogP contribution is 2.61. The van der Waals surface area contributed by atoms with Gasteiger partial charge in [0.25, 0.3) is 0 Å². The van der Waals surface area contributed by atoms with Crippen LogP contribution in [0.5, 0.6) is 0 Å². The first-order chi connectivity index (χ1) is 24.3. The average molecular weight is 646 g/mol. The van der Waals surface area contributed by atoms with Gasteiger partial charge in [-0.2, -0.15) is 0 Å². The molecule has 1 aromatic heterocycles. The smallest absolute Gasteiger partial charge is 0.0547 e. The van der Waals surface area contributed by atoms with Gasteiger partial charge in [0, 0.05) is 59.6 Å². The number of rotatable bonds is 5. The van der Waals surface area contributed by atoms with E-state index in [4.69, 9.17) is 0 Å². The van der Waals surface area contributed by atoms with E-state index >= 15 is 0 Å². The van der Waals surface area contributed by atoms with Crippen molar-refractivity contribution >= 4 is 59.3 Å². The van der Waals surface area contributed by atoms with E-state index in [-0.39, 0.29) is 5.41 Å². The third kappa shape index (κ3) is 4.24. The van der Waals surface area contributed by atoms with E-state index in [2.05, 4.69) is 181 Å². The van der Waals surface area contributed by atoms with Crippen LogP contribution >= 0.6 is 11.3 Å². The fourth-order valence-corrected chi connectivity index (χ4v) is 10.3. The second kappa shape index (κ2) is 11.3. The Labute approximate surface area is 291 Å². The molecule has 0 radical (unpaired) electrons. The predicted octanol–water partition coefficient (Wildman–Crippen LogP) is 13.1. The number of fused-ring (bicyclic) bond motifs is 8. The maximum Gasteiger partial charge on any atom is 0.0547 e. The van der Waals surface area contributed by atoms with Crippen molar-refractivity contribution in [2.24, 2.45) is 5.92 Å². The van der Waals surface area contributed by atoms with E-state index in [9.17, 15) is 0 Å². The molecule has 3 unspecified atom stereocenters. The molecular weight excluding hydrogens is 611 g/mol. The number of nitrogens with zero attached hydrogens (tertiary/aromatic N) is 1. The van der Waals surface area contributed by atoms with Gasteiger partial charge in [-0.25, -0.2) is 0 Å². The highest BCUT2D eigenvalue weighted by Gasteiger charge is 2.53. The van der Waals surface area contributed by atoms with E-state index in [1.807, 2.05) is 11.3 Å². The van der Waals surface area contributed by atoms with E-state index < -0.39 is 0 Å². The molecule has 0 amide bonds. The number of anilines is 3. The van der Waals surface area contributed by atoms with Crippen LogP contribution in [0.4, 0.5) is 17.1 Å². The molecule has 3 aliphatic carbocycles. The Morgan fingerprint density at radius 1 is 0.612 bits per heavy atom. The normalized spacial score (nSPS) is 20.9. The van der Waals surface area contributed by atoms with Crippen molar-refractivity contribution in [3.63, 3.8) is 0 Å². The lowest BCUT2D eigenvalue weighted by Crippen LogP contribution is -2.36. The van der Waals surface area contributed by atoms with Crippen molar-refractivity contribution in [1.82, 2.24) is 0 Å². The second-order valence-corrected chi connectivity index (χ2v) is 14.6.